The van der Waals surface area contributed by atoms with Gasteiger partial charge in [0.1, 0.15) is 23.0 Å². The molecule has 250 valence electrons. The smallest absolute Gasteiger partial charge is 0.419 e. The van der Waals surface area contributed by atoms with Crippen molar-refractivity contribution in [1.82, 2.24) is 0 Å². The van der Waals surface area contributed by atoms with E-state index in [1.165, 1.54) is 12.1 Å². The predicted octanol–water partition coefficient (Wildman–Crippen LogP) is 11.1. The average Bonchev–Trinajstić information content (AvgIpc) is 3.00. The number of nitrogen functional groups attached to an aromatic ring is 2. The number of halogens is 6. The number of rotatable bonds is 8. The second kappa shape index (κ2) is 12.5. The van der Waals surface area contributed by atoms with Crippen LogP contribution in [0, 0.1) is 0 Å². The Hall–Kier alpha value is -5.12. The molecule has 0 bridgehead atoms. The van der Waals surface area contributed by atoms with Crippen molar-refractivity contribution in [3.8, 4) is 23.0 Å². The van der Waals surface area contributed by atoms with Gasteiger partial charge in [-0.2, -0.15) is 26.3 Å². The van der Waals surface area contributed by atoms with Gasteiger partial charge in [0, 0.05) is 34.3 Å². The van der Waals surface area contributed by atoms with E-state index in [9.17, 15) is 26.3 Å². The molecule has 0 spiro atoms. The molecule has 5 aromatic rings. The first-order chi connectivity index (χ1) is 22.4. The van der Waals surface area contributed by atoms with Gasteiger partial charge in [-0.25, -0.2) is 0 Å². The minimum Gasteiger partial charge on any atom is -0.457 e. The molecule has 0 saturated heterocycles. The van der Waals surface area contributed by atoms with Crippen LogP contribution in [0.2, 0.25) is 0 Å². The second-order valence-corrected chi connectivity index (χ2v) is 12.6. The van der Waals surface area contributed by atoms with Crippen LogP contribution in [0.1, 0.15) is 61.1 Å². The first-order valence-corrected chi connectivity index (χ1v) is 15.0. The molecule has 0 aliphatic rings. The largest absolute Gasteiger partial charge is 0.457 e. The van der Waals surface area contributed by atoms with E-state index in [4.69, 9.17) is 20.9 Å². The molecular weight excluding hydrogens is 630 g/mol. The van der Waals surface area contributed by atoms with Gasteiger partial charge in [-0.3, -0.25) is 0 Å². The lowest BCUT2D eigenvalue weighted by atomic mass is 9.74. The van der Waals surface area contributed by atoms with Gasteiger partial charge in [0.2, 0.25) is 0 Å². The zero-order valence-electron chi connectivity index (χ0n) is 26.6. The summed E-state index contributed by atoms with van der Waals surface area (Å²) in [5, 5.41) is 0. The molecule has 0 radical (unpaired) electrons. The van der Waals surface area contributed by atoms with Crippen LogP contribution in [0.4, 0.5) is 37.7 Å². The maximum atomic E-state index is 13.5. The van der Waals surface area contributed by atoms with Crippen molar-refractivity contribution in [3.63, 3.8) is 0 Å². The van der Waals surface area contributed by atoms with Crippen LogP contribution >= 0.6 is 0 Å². The lowest BCUT2D eigenvalue weighted by Gasteiger charge is -2.30. The summed E-state index contributed by atoms with van der Waals surface area (Å²) in [5.74, 6) is -0.251. The zero-order valence-corrected chi connectivity index (χ0v) is 26.6. The van der Waals surface area contributed by atoms with Gasteiger partial charge in [0.05, 0.1) is 11.1 Å². The van der Waals surface area contributed by atoms with Crippen molar-refractivity contribution in [2.75, 3.05) is 11.5 Å². The summed E-state index contributed by atoms with van der Waals surface area (Å²) in [6.45, 7) is 8.19. The molecule has 0 heterocycles. The first kappa shape index (κ1) is 34.2. The highest BCUT2D eigenvalue weighted by atomic mass is 19.4. The SMILES string of the molecule is CC(C)(c1ccc(Oc2cc(N)ccc2C(F)(F)F)cc1)c1ccc(C(C)(C)c2ccc(Oc3cc(N)ccc3C(F)(F)F)cc2)cc1. The summed E-state index contributed by atoms with van der Waals surface area (Å²) in [6.07, 6.45) is -9.18. The molecule has 0 saturated carbocycles. The Morgan fingerprint density at radius 3 is 0.958 bits per heavy atom. The van der Waals surface area contributed by atoms with E-state index in [0.717, 1.165) is 46.5 Å². The summed E-state index contributed by atoms with van der Waals surface area (Å²) in [4.78, 5) is 0. The van der Waals surface area contributed by atoms with E-state index in [0.29, 0.717) is 0 Å². The standard InChI is InChI=1S/C38H34F6N2O2/c1-35(2,25-9-15-29(16-10-25)47-33-21-27(45)13-19-31(33)37(39,40)41)23-5-7-24(8-6-23)36(3,4)26-11-17-30(18-12-26)48-34-22-28(46)14-20-32(34)38(42,43)44/h5-22H,45-46H2,1-4H3. The Morgan fingerprint density at radius 2 is 0.688 bits per heavy atom. The van der Waals surface area contributed by atoms with Crippen LogP contribution in [0.15, 0.2) is 109 Å². The van der Waals surface area contributed by atoms with E-state index in [-0.39, 0.29) is 34.4 Å². The number of anilines is 2. The maximum absolute atomic E-state index is 13.5. The lowest BCUT2D eigenvalue weighted by Crippen LogP contribution is -2.21. The molecule has 0 fully saturated rings. The number of nitrogens with two attached hydrogens (primary N) is 2. The normalized spacial score (nSPS) is 12.5. The topological polar surface area (TPSA) is 70.5 Å². The Morgan fingerprint density at radius 1 is 0.417 bits per heavy atom. The van der Waals surface area contributed by atoms with Gasteiger partial charge in [0.25, 0.3) is 0 Å². The van der Waals surface area contributed by atoms with E-state index < -0.39 is 34.3 Å². The summed E-state index contributed by atoms with van der Waals surface area (Å²) < 4.78 is 92.0. The fraction of sp³-hybridized carbons (Fsp3) is 0.211. The fourth-order valence-corrected chi connectivity index (χ4v) is 5.49. The molecule has 48 heavy (non-hydrogen) atoms. The predicted molar refractivity (Wildman–Crippen MR) is 175 cm³/mol. The molecule has 0 aromatic heterocycles. The molecule has 0 aliphatic heterocycles. The molecule has 10 heteroatoms. The monoisotopic (exact) mass is 664 g/mol. The highest BCUT2D eigenvalue weighted by Crippen LogP contribution is 2.42. The van der Waals surface area contributed by atoms with E-state index in [1.54, 1.807) is 24.3 Å². The van der Waals surface area contributed by atoms with Crippen molar-refractivity contribution in [3.05, 3.63) is 143 Å². The van der Waals surface area contributed by atoms with Crippen molar-refractivity contribution in [2.24, 2.45) is 0 Å². The lowest BCUT2D eigenvalue weighted by molar-refractivity contribution is -0.139. The van der Waals surface area contributed by atoms with Crippen LogP contribution in [-0.2, 0) is 23.2 Å². The number of benzene rings is 5. The number of alkyl halides is 6. The highest BCUT2D eigenvalue weighted by molar-refractivity contribution is 5.53. The van der Waals surface area contributed by atoms with Crippen LogP contribution in [0.25, 0.3) is 0 Å². The Balaban J connectivity index is 1.31. The summed E-state index contributed by atoms with van der Waals surface area (Å²) >= 11 is 0. The van der Waals surface area contributed by atoms with Crippen molar-refractivity contribution < 1.29 is 35.8 Å². The minimum absolute atomic E-state index is 0.158. The molecule has 5 rings (SSSR count). The summed E-state index contributed by atoms with van der Waals surface area (Å²) in [6, 6.07) is 28.4. The molecule has 0 aliphatic carbocycles. The Kier molecular flexibility index (Phi) is 8.90. The third-order valence-corrected chi connectivity index (χ3v) is 8.56. The van der Waals surface area contributed by atoms with Crippen LogP contribution < -0.4 is 20.9 Å². The van der Waals surface area contributed by atoms with Crippen molar-refractivity contribution in [1.29, 1.82) is 0 Å². The molecule has 4 nitrogen and oxygen atoms in total. The summed E-state index contributed by atoms with van der Waals surface area (Å²) in [5.41, 5.74) is 12.9. The maximum Gasteiger partial charge on any atom is 0.419 e. The molecule has 5 aromatic carbocycles. The van der Waals surface area contributed by atoms with Crippen molar-refractivity contribution in [2.45, 2.75) is 50.9 Å². The zero-order chi connectivity index (χ0) is 35.1. The van der Waals surface area contributed by atoms with E-state index in [1.807, 2.05) is 76.2 Å². The third-order valence-electron chi connectivity index (χ3n) is 8.56. The van der Waals surface area contributed by atoms with Gasteiger partial charge in [0.15, 0.2) is 0 Å². The first-order valence-electron chi connectivity index (χ1n) is 15.0. The van der Waals surface area contributed by atoms with Gasteiger partial charge < -0.3 is 20.9 Å². The van der Waals surface area contributed by atoms with Gasteiger partial charge in [-0.15, -0.1) is 0 Å². The van der Waals surface area contributed by atoms with Gasteiger partial charge >= 0.3 is 12.4 Å². The molecule has 0 unspecified atom stereocenters. The average molecular weight is 665 g/mol. The molecule has 4 N–H and O–H groups in total. The van der Waals surface area contributed by atoms with Gasteiger partial charge in [-0.05, 0) is 70.8 Å². The Bertz CT molecular complexity index is 1760. The number of hydrogen-bond acceptors (Lipinski definition) is 4. The Labute approximate surface area is 274 Å². The van der Waals surface area contributed by atoms with Crippen molar-refractivity contribution >= 4 is 11.4 Å². The quantitative estimate of drug-likeness (QED) is 0.128. The third kappa shape index (κ3) is 7.22. The van der Waals surface area contributed by atoms with Crippen LogP contribution in [0.5, 0.6) is 23.0 Å². The highest BCUT2D eigenvalue weighted by Gasteiger charge is 2.36. The number of hydrogen-bond donors (Lipinski definition) is 2. The fourth-order valence-electron chi connectivity index (χ4n) is 5.49. The van der Waals surface area contributed by atoms with Gasteiger partial charge in [-0.1, -0.05) is 76.2 Å². The second-order valence-electron chi connectivity index (χ2n) is 12.6. The molecule has 0 atom stereocenters. The van der Waals surface area contributed by atoms with E-state index >= 15 is 0 Å². The molecule has 0 amide bonds. The number of ether oxygens (including phenoxy) is 2. The molecular formula is C38H34F6N2O2. The minimum atomic E-state index is -4.59. The van der Waals surface area contributed by atoms with Crippen LogP contribution in [-0.4, -0.2) is 0 Å². The van der Waals surface area contributed by atoms with Crippen LogP contribution in [0.3, 0.4) is 0 Å². The summed E-state index contributed by atoms with van der Waals surface area (Å²) in [7, 11) is 0. The van der Waals surface area contributed by atoms with E-state index in [2.05, 4.69) is 0 Å².